The van der Waals surface area contributed by atoms with Crippen molar-refractivity contribution in [1.29, 1.82) is 0 Å². The number of unbranched alkanes of at least 4 members (excludes halogenated alkanes) is 4. The zero-order valence-corrected chi connectivity index (χ0v) is 44.5. The summed E-state index contributed by atoms with van der Waals surface area (Å²) in [5, 5.41) is 30.2. The molecule has 74 heavy (non-hydrogen) atoms. The van der Waals surface area contributed by atoms with Crippen LogP contribution in [0.2, 0.25) is 0 Å². The smallest absolute Gasteiger partial charge is 0.404 e. The van der Waals surface area contributed by atoms with Crippen LogP contribution < -0.4 is 10.6 Å². The molecule has 1 saturated heterocycles. The Kier molecular flexibility index (Phi) is 21.7. The minimum Gasteiger partial charge on any atom is -0.441 e. The fourth-order valence-corrected chi connectivity index (χ4v) is 11.4. The van der Waals surface area contributed by atoms with Crippen LogP contribution in [0, 0.1) is 0 Å². The summed E-state index contributed by atoms with van der Waals surface area (Å²) in [6.45, 7) is 6.66. The van der Waals surface area contributed by atoms with Gasteiger partial charge in [-0.1, -0.05) is 42.8 Å². The highest BCUT2D eigenvalue weighted by atomic mass is 32.2. The number of anilines is 1. The lowest BCUT2D eigenvalue weighted by molar-refractivity contribution is -0.438. The summed E-state index contributed by atoms with van der Waals surface area (Å²) in [6, 6.07) is 12.4. The molecule has 1 fully saturated rings. The molecule has 0 aromatic heterocycles. The molecule has 0 aliphatic carbocycles. The van der Waals surface area contributed by atoms with Crippen LogP contribution in [-0.2, 0) is 64.9 Å². The van der Waals surface area contributed by atoms with E-state index in [4.69, 9.17) is 24.7 Å². The summed E-state index contributed by atoms with van der Waals surface area (Å²) >= 11 is 0. The van der Waals surface area contributed by atoms with E-state index in [0.29, 0.717) is 70.0 Å². The Bertz CT molecular complexity index is 2740. The summed E-state index contributed by atoms with van der Waals surface area (Å²) in [5.74, 6) is -0.672. The molecule has 1 unspecified atom stereocenters. The first-order valence-corrected chi connectivity index (χ1v) is 29.3. The monoisotopic (exact) mass is 1100 g/mol. The van der Waals surface area contributed by atoms with E-state index < -0.39 is 84.6 Å². The van der Waals surface area contributed by atoms with Crippen LogP contribution in [0.1, 0.15) is 103 Å². The van der Waals surface area contributed by atoms with E-state index >= 15 is 0 Å². The van der Waals surface area contributed by atoms with Gasteiger partial charge >= 0.3 is 6.09 Å². The maximum absolute atomic E-state index is 12.8. The first-order valence-electron chi connectivity index (χ1n) is 24.7. The van der Waals surface area contributed by atoms with Crippen LogP contribution in [-0.4, -0.2) is 158 Å². The Labute approximate surface area is 434 Å². The van der Waals surface area contributed by atoms with Crippen LogP contribution in [0.15, 0.2) is 83.4 Å². The SMILES string of the molecule is CC1(C)C(C=CC=CC=C2N(CCCCS(=O)(=O)O)c3ccccc3C2(C)CCCCS(=O)(=O)O)=[N+](CCCCCC(=O)CCCOCCO[C@H]2O[C@H](CO)[C@@H](O)[C@H](OC(N)=O)[C@@H]2O)c2ccc(S(=O)(=O)O)cc21. The highest BCUT2D eigenvalue weighted by Crippen LogP contribution is 2.51. The average Bonchev–Trinajstić information content (AvgIpc) is 3.68. The third kappa shape index (κ3) is 16.5. The normalized spacial score (nSPS) is 23.6. The van der Waals surface area contributed by atoms with Crippen molar-refractivity contribution in [3.05, 3.63) is 89.7 Å². The van der Waals surface area contributed by atoms with Gasteiger partial charge in [0.05, 0.1) is 41.6 Å². The lowest BCUT2D eigenvalue weighted by atomic mass is 9.77. The number of carbonyl (C=O) groups is 2. The minimum absolute atomic E-state index is 0.0493. The van der Waals surface area contributed by atoms with Gasteiger partial charge in [-0.2, -0.15) is 29.8 Å². The van der Waals surface area contributed by atoms with E-state index in [9.17, 15) is 63.8 Å². The number of Topliss-reactive ketones (excluding diaryl/α,β-unsaturated/α-hetero) is 1. The zero-order chi connectivity index (χ0) is 54.5. The molecule has 412 valence electrons. The molecule has 0 bridgehead atoms. The van der Waals surface area contributed by atoms with Gasteiger partial charge in [0, 0.05) is 66.9 Å². The van der Waals surface area contributed by atoms with Crippen LogP contribution in [0.3, 0.4) is 0 Å². The standard InChI is InChI=1S/C50H71N3O18S3/c1-49(2)38-33-36(74(65,66)67)23-24-40(38)52(26-12-5-6-17-35(55)18-16-28-68-29-30-69-47-45(57)46(71-48(51)58)44(56)41(34-54)70-47)42(49)21-7-4-8-22-43-50(3,25-11-14-31-72(59,60)61)37-19-9-10-20-39(37)53(43)27-13-15-32-73(62,63)64/h4,7-10,19-24,33,41,44-47,54,56-57H,5-6,11-18,25-32,34H2,1-3H3,(H4-,51,58,59,60,61,62,63,64,65,66,67)/p+1/t41-,44-,45+,46+,47+,50?/m1/s1. The number of nitrogens with zero attached hydrogens (tertiary/aromatic N) is 2. The van der Waals surface area contributed by atoms with Crippen molar-refractivity contribution in [1.82, 2.24) is 0 Å². The number of aliphatic hydroxyl groups excluding tert-OH is 3. The third-order valence-corrected chi connectivity index (χ3v) is 16.0. The van der Waals surface area contributed by atoms with Crippen molar-refractivity contribution in [2.24, 2.45) is 5.73 Å². The number of hydrogen-bond acceptors (Lipinski definition) is 16. The van der Waals surface area contributed by atoms with E-state index in [1.807, 2.05) is 68.5 Å². The fraction of sp³-hybridized carbons (Fsp3) is 0.580. The topological polar surface area (TPSA) is 327 Å². The van der Waals surface area contributed by atoms with Crippen molar-refractivity contribution in [2.45, 2.75) is 138 Å². The molecule has 1 amide bonds. The number of allylic oxidation sites excluding steroid dienone is 6. The van der Waals surface area contributed by atoms with Gasteiger partial charge in [0.25, 0.3) is 30.4 Å². The Balaban J connectivity index is 1.21. The largest absolute Gasteiger partial charge is 0.441 e. The molecule has 2 aromatic rings. The van der Waals surface area contributed by atoms with Crippen molar-refractivity contribution >= 4 is 59.3 Å². The first kappa shape index (κ1) is 60.4. The number of hydrogen-bond donors (Lipinski definition) is 7. The molecule has 0 spiro atoms. The number of amides is 1. The van der Waals surface area contributed by atoms with Gasteiger partial charge in [0.15, 0.2) is 18.1 Å². The summed E-state index contributed by atoms with van der Waals surface area (Å²) < 4.78 is 122. The third-order valence-electron chi connectivity index (χ3n) is 13.6. The molecule has 2 aromatic carbocycles. The van der Waals surface area contributed by atoms with Gasteiger partial charge in [-0.25, -0.2) is 4.79 Å². The Morgan fingerprint density at radius 2 is 1.49 bits per heavy atom. The first-order chi connectivity index (χ1) is 34.8. The Hall–Kier alpha value is -4.44. The number of primary amides is 1. The molecule has 24 heteroatoms. The maximum Gasteiger partial charge on any atom is 0.404 e. The molecule has 21 nitrogen and oxygen atoms in total. The highest BCUT2D eigenvalue weighted by Gasteiger charge is 2.48. The second-order valence-corrected chi connectivity index (χ2v) is 24.0. The fourth-order valence-electron chi connectivity index (χ4n) is 9.80. The van der Waals surface area contributed by atoms with E-state index in [0.717, 1.165) is 34.8 Å². The van der Waals surface area contributed by atoms with E-state index in [1.54, 1.807) is 6.07 Å². The van der Waals surface area contributed by atoms with Gasteiger partial charge in [0.2, 0.25) is 5.69 Å². The number of nitrogens with two attached hydrogens (primary N) is 1. The van der Waals surface area contributed by atoms with Gasteiger partial charge < -0.3 is 44.9 Å². The predicted octanol–water partition coefficient (Wildman–Crippen LogP) is 4.66. The molecule has 3 heterocycles. The molecule has 3 aliphatic heterocycles. The van der Waals surface area contributed by atoms with E-state index in [1.165, 1.54) is 12.1 Å². The van der Waals surface area contributed by atoms with Crippen molar-refractivity contribution in [3.8, 4) is 0 Å². The van der Waals surface area contributed by atoms with Crippen molar-refractivity contribution in [3.63, 3.8) is 0 Å². The summed E-state index contributed by atoms with van der Waals surface area (Å²) in [5.41, 5.74) is 8.96. The molecule has 8 N–H and O–H groups in total. The lowest BCUT2D eigenvalue weighted by Crippen LogP contribution is -2.60. The lowest BCUT2D eigenvalue weighted by Gasteiger charge is -2.40. The number of fused-ring (bicyclic) bond motifs is 2. The number of para-hydroxylation sites is 1. The molecular weight excluding hydrogens is 1030 g/mol. The van der Waals surface area contributed by atoms with Gasteiger partial charge in [-0.05, 0) is 95.6 Å². The highest BCUT2D eigenvalue weighted by molar-refractivity contribution is 7.86. The quantitative estimate of drug-likeness (QED) is 0.0242. The van der Waals surface area contributed by atoms with Gasteiger partial charge in [0.1, 0.15) is 30.6 Å². The Morgan fingerprint density at radius 1 is 0.797 bits per heavy atom. The number of ether oxygens (including phenoxy) is 4. The van der Waals surface area contributed by atoms with Crippen molar-refractivity contribution < 1.29 is 87.3 Å². The molecule has 0 radical (unpaired) electrons. The van der Waals surface area contributed by atoms with Gasteiger partial charge in [-0.15, -0.1) is 0 Å². The van der Waals surface area contributed by atoms with Crippen LogP contribution in [0.4, 0.5) is 16.2 Å². The maximum atomic E-state index is 12.8. The average molecular weight is 1100 g/mol. The molecule has 6 atom stereocenters. The second-order valence-electron chi connectivity index (χ2n) is 19.4. The predicted molar refractivity (Wildman–Crippen MR) is 274 cm³/mol. The van der Waals surface area contributed by atoms with Gasteiger partial charge in [-0.3, -0.25) is 18.5 Å². The Morgan fingerprint density at radius 3 is 2.16 bits per heavy atom. The van der Waals surface area contributed by atoms with E-state index in [2.05, 4.69) is 16.4 Å². The number of aliphatic hydroxyl groups is 3. The second kappa shape index (κ2) is 26.6. The summed E-state index contributed by atoms with van der Waals surface area (Å²) in [6.07, 6.45) is 6.36. The van der Waals surface area contributed by atoms with E-state index in [-0.39, 0.29) is 54.8 Å². The number of rotatable bonds is 30. The summed E-state index contributed by atoms with van der Waals surface area (Å²) in [7, 11) is -12.8. The molecule has 0 saturated carbocycles. The number of benzene rings is 2. The van der Waals surface area contributed by atoms with Crippen LogP contribution in [0.25, 0.3) is 0 Å². The number of carbonyl (C=O) groups excluding carboxylic acids is 2. The molecular formula is C50H72N3O18S3+. The number of ketones is 1. The zero-order valence-electron chi connectivity index (χ0n) is 42.0. The summed E-state index contributed by atoms with van der Waals surface area (Å²) in [4.78, 5) is 25.9. The minimum atomic E-state index is -4.50. The van der Waals surface area contributed by atoms with Crippen LogP contribution in [0.5, 0.6) is 0 Å². The van der Waals surface area contributed by atoms with Crippen LogP contribution >= 0.6 is 0 Å². The van der Waals surface area contributed by atoms with Crippen molar-refractivity contribution in [2.75, 3.05) is 55.9 Å². The molecule has 3 aliphatic rings. The molecule has 5 rings (SSSR count).